The van der Waals surface area contributed by atoms with Crippen LogP contribution in [0.15, 0.2) is 72.4 Å². The van der Waals surface area contributed by atoms with Crippen molar-refractivity contribution in [2.75, 3.05) is 0 Å². The van der Waals surface area contributed by atoms with Crippen LogP contribution in [0.25, 0.3) is 11.4 Å². The molecule has 0 spiro atoms. The number of carbonyl (C=O) groups excluding carboxylic acids is 1. The molecule has 132 valence electrons. The van der Waals surface area contributed by atoms with Crippen molar-refractivity contribution in [1.29, 1.82) is 0 Å². The lowest BCUT2D eigenvalue weighted by atomic mass is 10.1. The second kappa shape index (κ2) is 8.10. The Kier molecular flexibility index (Phi) is 5.63. The number of hydrogen-bond acceptors (Lipinski definition) is 4. The van der Waals surface area contributed by atoms with Crippen molar-refractivity contribution in [3.8, 4) is 11.4 Å². The summed E-state index contributed by atoms with van der Waals surface area (Å²) >= 11 is 1.33. The monoisotopic (exact) mass is 367 g/mol. The van der Waals surface area contributed by atoms with E-state index in [9.17, 15) is 9.18 Å². The van der Waals surface area contributed by atoms with Crippen LogP contribution in [0.3, 0.4) is 0 Å². The number of rotatable bonds is 7. The van der Waals surface area contributed by atoms with Crippen molar-refractivity contribution < 1.29 is 9.18 Å². The van der Waals surface area contributed by atoms with E-state index in [0.29, 0.717) is 17.3 Å². The molecule has 0 amide bonds. The molecule has 0 fully saturated rings. The number of aromatic nitrogens is 3. The zero-order valence-electron chi connectivity index (χ0n) is 14.3. The predicted molar refractivity (Wildman–Crippen MR) is 102 cm³/mol. The van der Waals surface area contributed by atoms with Crippen LogP contribution in [0.4, 0.5) is 4.39 Å². The normalized spacial score (nSPS) is 11.9. The summed E-state index contributed by atoms with van der Waals surface area (Å²) in [4.78, 5) is 12.6. The third-order valence-electron chi connectivity index (χ3n) is 3.84. The molecular formula is C20H18FN3OS. The van der Waals surface area contributed by atoms with Gasteiger partial charge < -0.3 is 0 Å². The number of halogens is 1. The number of Topliss-reactive ketones (excluding diaryl/α,β-unsaturated/α-hetero) is 1. The molecule has 6 heteroatoms. The zero-order valence-corrected chi connectivity index (χ0v) is 15.1. The molecule has 1 atom stereocenters. The molecule has 3 rings (SSSR count). The van der Waals surface area contributed by atoms with Gasteiger partial charge in [0.2, 0.25) is 0 Å². The third-order valence-corrected chi connectivity index (χ3v) is 4.92. The highest BCUT2D eigenvalue weighted by atomic mass is 32.2. The number of hydrogen-bond donors (Lipinski definition) is 0. The lowest BCUT2D eigenvalue weighted by Gasteiger charge is -2.12. The number of carbonyl (C=O) groups is 1. The fraction of sp³-hybridized carbons (Fsp3) is 0.150. The van der Waals surface area contributed by atoms with Gasteiger partial charge >= 0.3 is 0 Å². The average Bonchev–Trinajstić information content (AvgIpc) is 3.05. The summed E-state index contributed by atoms with van der Waals surface area (Å²) < 4.78 is 15.0. The van der Waals surface area contributed by atoms with Crippen LogP contribution < -0.4 is 0 Å². The average molecular weight is 367 g/mol. The molecule has 0 N–H and O–H groups in total. The van der Waals surface area contributed by atoms with Crippen LogP contribution in [0.2, 0.25) is 0 Å². The van der Waals surface area contributed by atoms with Crippen molar-refractivity contribution in [3.05, 3.63) is 78.6 Å². The standard InChI is InChI=1S/C20H18FN3OS/c1-3-13-24-19(16-7-5-4-6-8-16)22-23-20(24)26-14(2)18(25)15-9-11-17(21)12-10-15/h3-12,14H,1,13H2,2H3. The fourth-order valence-corrected chi connectivity index (χ4v) is 3.47. The number of nitrogens with zero attached hydrogens (tertiary/aromatic N) is 3. The van der Waals surface area contributed by atoms with Crippen molar-refractivity contribution in [2.45, 2.75) is 23.9 Å². The molecule has 0 aliphatic carbocycles. The molecule has 0 aliphatic heterocycles. The third kappa shape index (κ3) is 3.91. The molecule has 1 aromatic heterocycles. The lowest BCUT2D eigenvalue weighted by Crippen LogP contribution is -2.15. The van der Waals surface area contributed by atoms with E-state index in [1.54, 1.807) is 6.08 Å². The molecule has 0 bridgehead atoms. The molecule has 2 aromatic carbocycles. The van der Waals surface area contributed by atoms with Gasteiger partial charge in [0.1, 0.15) is 5.82 Å². The zero-order chi connectivity index (χ0) is 18.5. The maximum Gasteiger partial charge on any atom is 0.192 e. The number of benzene rings is 2. The highest BCUT2D eigenvalue weighted by Gasteiger charge is 2.21. The summed E-state index contributed by atoms with van der Waals surface area (Å²) in [5.74, 6) is 0.291. The van der Waals surface area contributed by atoms with Gasteiger partial charge in [0.25, 0.3) is 0 Å². The van der Waals surface area contributed by atoms with Gasteiger partial charge in [-0.15, -0.1) is 16.8 Å². The smallest absolute Gasteiger partial charge is 0.192 e. The first-order valence-electron chi connectivity index (χ1n) is 8.16. The molecule has 0 saturated heterocycles. The molecule has 26 heavy (non-hydrogen) atoms. The van der Waals surface area contributed by atoms with Gasteiger partial charge in [-0.05, 0) is 31.2 Å². The Balaban J connectivity index is 1.85. The van der Waals surface area contributed by atoms with Crippen molar-refractivity contribution >= 4 is 17.5 Å². The van der Waals surface area contributed by atoms with Gasteiger partial charge in [0.15, 0.2) is 16.8 Å². The number of ketones is 1. The van der Waals surface area contributed by atoms with Gasteiger partial charge in [-0.1, -0.05) is 48.2 Å². The minimum Gasteiger partial charge on any atom is -0.298 e. The van der Waals surface area contributed by atoms with Gasteiger partial charge in [0, 0.05) is 17.7 Å². The minimum atomic E-state index is -0.378. The summed E-state index contributed by atoms with van der Waals surface area (Å²) in [6, 6.07) is 15.3. The van der Waals surface area contributed by atoms with Crippen molar-refractivity contribution in [3.63, 3.8) is 0 Å². The molecule has 1 heterocycles. The van der Waals surface area contributed by atoms with E-state index in [0.717, 1.165) is 11.4 Å². The molecule has 0 saturated carbocycles. The predicted octanol–water partition coefficient (Wildman–Crippen LogP) is 4.63. The largest absolute Gasteiger partial charge is 0.298 e. The van der Waals surface area contributed by atoms with Gasteiger partial charge in [-0.2, -0.15) is 0 Å². The van der Waals surface area contributed by atoms with Crippen LogP contribution in [-0.2, 0) is 6.54 Å². The maximum absolute atomic E-state index is 13.1. The first-order chi connectivity index (χ1) is 12.6. The van der Waals surface area contributed by atoms with E-state index in [4.69, 9.17) is 0 Å². The fourth-order valence-electron chi connectivity index (χ4n) is 2.53. The topological polar surface area (TPSA) is 47.8 Å². The van der Waals surface area contributed by atoms with Crippen molar-refractivity contribution in [1.82, 2.24) is 14.8 Å². The number of thioether (sulfide) groups is 1. The van der Waals surface area contributed by atoms with Gasteiger partial charge in [0.05, 0.1) is 5.25 Å². The maximum atomic E-state index is 13.1. The van der Waals surface area contributed by atoms with Gasteiger partial charge in [-0.25, -0.2) is 4.39 Å². The van der Waals surface area contributed by atoms with E-state index in [1.807, 2.05) is 41.8 Å². The van der Waals surface area contributed by atoms with Crippen LogP contribution in [0.1, 0.15) is 17.3 Å². The summed E-state index contributed by atoms with van der Waals surface area (Å²) in [5.41, 5.74) is 1.43. The van der Waals surface area contributed by atoms with E-state index in [1.165, 1.54) is 36.0 Å². The summed E-state index contributed by atoms with van der Waals surface area (Å²) in [6.07, 6.45) is 1.77. The summed E-state index contributed by atoms with van der Waals surface area (Å²) in [5, 5.41) is 8.81. The van der Waals surface area contributed by atoms with Crippen LogP contribution in [0.5, 0.6) is 0 Å². The van der Waals surface area contributed by atoms with E-state index < -0.39 is 0 Å². The Morgan fingerprint density at radius 3 is 2.54 bits per heavy atom. The first kappa shape index (κ1) is 18.1. The van der Waals surface area contributed by atoms with Crippen molar-refractivity contribution in [2.24, 2.45) is 0 Å². The Bertz CT molecular complexity index is 907. The highest BCUT2D eigenvalue weighted by Crippen LogP contribution is 2.28. The molecule has 0 aliphatic rings. The molecule has 0 radical (unpaired) electrons. The van der Waals surface area contributed by atoms with Crippen LogP contribution in [-0.4, -0.2) is 25.8 Å². The van der Waals surface area contributed by atoms with Gasteiger partial charge in [-0.3, -0.25) is 9.36 Å². The Morgan fingerprint density at radius 2 is 1.88 bits per heavy atom. The molecular weight excluding hydrogens is 349 g/mol. The SMILES string of the molecule is C=CCn1c(SC(C)C(=O)c2ccc(F)cc2)nnc1-c1ccccc1. The van der Waals surface area contributed by atoms with Crippen LogP contribution in [0, 0.1) is 5.82 Å². The van der Waals surface area contributed by atoms with E-state index in [-0.39, 0.29) is 16.9 Å². The second-order valence-corrected chi connectivity index (χ2v) is 7.01. The Morgan fingerprint density at radius 1 is 1.19 bits per heavy atom. The Hall–Kier alpha value is -2.73. The summed E-state index contributed by atoms with van der Waals surface area (Å²) in [6.45, 7) is 6.14. The molecule has 4 nitrogen and oxygen atoms in total. The quantitative estimate of drug-likeness (QED) is 0.347. The summed E-state index contributed by atoms with van der Waals surface area (Å²) in [7, 11) is 0. The van der Waals surface area contributed by atoms with Crippen LogP contribution >= 0.6 is 11.8 Å². The number of allylic oxidation sites excluding steroid dienone is 1. The Labute approximate surface area is 155 Å². The van der Waals surface area contributed by atoms with E-state index in [2.05, 4.69) is 16.8 Å². The molecule has 1 unspecified atom stereocenters. The lowest BCUT2D eigenvalue weighted by molar-refractivity contribution is 0.0994. The minimum absolute atomic E-state index is 0.0792. The highest BCUT2D eigenvalue weighted by molar-refractivity contribution is 8.00. The second-order valence-electron chi connectivity index (χ2n) is 5.70. The van der Waals surface area contributed by atoms with E-state index >= 15 is 0 Å². The first-order valence-corrected chi connectivity index (χ1v) is 9.04. The molecule has 3 aromatic rings.